The molecule has 2 unspecified atom stereocenters. The number of aromatic amines is 1. The molecule has 2 atom stereocenters. The third kappa shape index (κ3) is 2.71. The number of nitrogens with zero attached hydrogens (tertiary/aromatic N) is 1. The Morgan fingerprint density at radius 3 is 2.89 bits per heavy atom. The van der Waals surface area contributed by atoms with Crippen molar-refractivity contribution in [3.05, 3.63) is 29.6 Å². The summed E-state index contributed by atoms with van der Waals surface area (Å²) in [5, 5.41) is 3.37. The average Bonchev–Trinajstić information content (AvgIpc) is 2.74. The fraction of sp³-hybridized carbons (Fsp3) is 0.500. The fourth-order valence-corrected chi connectivity index (χ4v) is 2.29. The molecule has 0 spiro atoms. The molecule has 4 N–H and O–H groups in total. The number of H-pyrrole nitrogens is 1. The first-order valence-electron chi connectivity index (χ1n) is 6.47. The molecule has 1 aromatic carbocycles. The van der Waals surface area contributed by atoms with Crippen LogP contribution in [0.1, 0.15) is 30.8 Å². The molecule has 0 saturated carbocycles. The smallest absolute Gasteiger partial charge is 0.104 e. The molecule has 0 aliphatic heterocycles. The minimum atomic E-state index is 0.344. The molecule has 1 aromatic heterocycles. The highest BCUT2D eigenvalue weighted by Gasteiger charge is 2.13. The molecule has 98 valence electrons. The van der Waals surface area contributed by atoms with E-state index in [0.29, 0.717) is 12.0 Å². The molecule has 0 aliphatic carbocycles. The predicted molar refractivity (Wildman–Crippen MR) is 75.5 cm³/mol. The van der Waals surface area contributed by atoms with Crippen LogP contribution in [-0.2, 0) is 0 Å². The van der Waals surface area contributed by atoms with E-state index in [-0.39, 0.29) is 0 Å². The fourth-order valence-electron chi connectivity index (χ4n) is 2.29. The van der Waals surface area contributed by atoms with Gasteiger partial charge in [-0.25, -0.2) is 4.98 Å². The zero-order chi connectivity index (χ0) is 13.1. The normalized spacial score (nSPS) is 14.9. The lowest BCUT2D eigenvalue weighted by atomic mass is 9.96. The van der Waals surface area contributed by atoms with Gasteiger partial charge in [-0.3, -0.25) is 0 Å². The summed E-state index contributed by atoms with van der Waals surface area (Å²) in [6.45, 7) is 4.89. The number of benzene rings is 1. The van der Waals surface area contributed by atoms with E-state index in [1.54, 1.807) is 0 Å². The zero-order valence-corrected chi connectivity index (χ0v) is 11.3. The van der Waals surface area contributed by atoms with Gasteiger partial charge in [0, 0.05) is 6.04 Å². The van der Waals surface area contributed by atoms with E-state index in [4.69, 9.17) is 5.73 Å². The van der Waals surface area contributed by atoms with Crippen LogP contribution in [0.15, 0.2) is 18.2 Å². The minimum absolute atomic E-state index is 0.344. The van der Waals surface area contributed by atoms with E-state index in [0.717, 1.165) is 29.8 Å². The number of hydrogen-bond donors (Lipinski definition) is 3. The summed E-state index contributed by atoms with van der Waals surface area (Å²) < 4.78 is 0. The van der Waals surface area contributed by atoms with Gasteiger partial charge in [0.05, 0.1) is 11.0 Å². The highest BCUT2D eigenvalue weighted by molar-refractivity contribution is 5.75. The molecule has 0 saturated heterocycles. The van der Waals surface area contributed by atoms with Crippen molar-refractivity contribution in [3.8, 4) is 0 Å². The second kappa shape index (κ2) is 5.50. The zero-order valence-electron chi connectivity index (χ0n) is 11.3. The number of hydrogen-bond acceptors (Lipinski definition) is 3. The molecule has 2 aromatic rings. The highest BCUT2D eigenvalue weighted by Crippen LogP contribution is 2.23. The number of aryl methyl sites for hydroxylation is 1. The maximum absolute atomic E-state index is 5.70. The first-order chi connectivity index (χ1) is 8.63. The molecular formula is C14H22N4. The Hall–Kier alpha value is -1.39. The van der Waals surface area contributed by atoms with Crippen LogP contribution >= 0.6 is 0 Å². The van der Waals surface area contributed by atoms with Gasteiger partial charge in [0.2, 0.25) is 0 Å². The van der Waals surface area contributed by atoms with E-state index in [9.17, 15) is 0 Å². The first kappa shape index (κ1) is 13.1. The second-order valence-electron chi connectivity index (χ2n) is 5.02. The van der Waals surface area contributed by atoms with Gasteiger partial charge in [-0.2, -0.15) is 0 Å². The van der Waals surface area contributed by atoms with Crippen LogP contribution < -0.4 is 11.1 Å². The maximum Gasteiger partial charge on any atom is 0.104 e. The number of rotatable bonds is 5. The Bertz CT molecular complexity index is 517. The van der Waals surface area contributed by atoms with Crippen LogP contribution in [0.25, 0.3) is 11.0 Å². The average molecular weight is 246 g/mol. The van der Waals surface area contributed by atoms with E-state index >= 15 is 0 Å². The molecule has 4 nitrogen and oxygen atoms in total. The van der Waals surface area contributed by atoms with Gasteiger partial charge in [-0.1, -0.05) is 13.0 Å². The number of imidazole rings is 1. The van der Waals surface area contributed by atoms with Crippen molar-refractivity contribution in [3.63, 3.8) is 0 Å². The predicted octanol–water partition coefficient (Wildman–Crippen LogP) is 2.12. The lowest BCUT2D eigenvalue weighted by Gasteiger charge is -2.20. The van der Waals surface area contributed by atoms with Crippen molar-refractivity contribution in [2.75, 3.05) is 13.6 Å². The van der Waals surface area contributed by atoms with Crippen LogP contribution in [0.4, 0.5) is 0 Å². The van der Waals surface area contributed by atoms with Crippen molar-refractivity contribution in [2.24, 2.45) is 11.7 Å². The Morgan fingerprint density at radius 2 is 2.22 bits per heavy atom. The Balaban J connectivity index is 2.27. The largest absolute Gasteiger partial charge is 0.342 e. The number of fused-ring (bicyclic) bond motifs is 1. The molecular weight excluding hydrogens is 224 g/mol. The number of nitrogens with two attached hydrogens (primary N) is 1. The molecule has 0 bridgehead atoms. The minimum Gasteiger partial charge on any atom is -0.342 e. The van der Waals surface area contributed by atoms with Crippen molar-refractivity contribution in [1.82, 2.24) is 15.3 Å². The molecule has 0 aliphatic rings. The Kier molecular flexibility index (Phi) is 3.99. The van der Waals surface area contributed by atoms with Crippen LogP contribution in [-0.4, -0.2) is 23.6 Å². The monoisotopic (exact) mass is 246 g/mol. The number of nitrogens with one attached hydrogen (secondary N) is 2. The van der Waals surface area contributed by atoms with Crippen LogP contribution in [0, 0.1) is 12.8 Å². The second-order valence-corrected chi connectivity index (χ2v) is 5.02. The third-order valence-corrected chi connectivity index (χ3v) is 3.42. The standard InChI is InChI=1S/C14H22N4/c1-9(8-15)6-13(16-3)11-4-5-12-14(7-11)18-10(2)17-12/h4-5,7,9,13,16H,6,8,15H2,1-3H3,(H,17,18). The van der Waals surface area contributed by atoms with Gasteiger partial charge < -0.3 is 16.0 Å². The summed E-state index contributed by atoms with van der Waals surface area (Å²) in [6.07, 6.45) is 1.05. The molecule has 0 fully saturated rings. The van der Waals surface area contributed by atoms with Gasteiger partial charge in [0.15, 0.2) is 0 Å². The molecule has 0 radical (unpaired) electrons. The first-order valence-corrected chi connectivity index (χ1v) is 6.47. The van der Waals surface area contributed by atoms with Gasteiger partial charge >= 0.3 is 0 Å². The van der Waals surface area contributed by atoms with Crippen molar-refractivity contribution < 1.29 is 0 Å². The molecule has 2 rings (SSSR count). The van der Waals surface area contributed by atoms with E-state index < -0.39 is 0 Å². The van der Waals surface area contributed by atoms with Gasteiger partial charge in [0.1, 0.15) is 5.82 Å². The Labute approximate surface area is 108 Å². The lowest BCUT2D eigenvalue weighted by molar-refractivity contribution is 0.438. The summed E-state index contributed by atoms with van der Waals surface area (Å²) in [6, 6.07) is 6.75. The maximum atomic E-state index is 5.70. The molecule has 18 heavy (non-hydrogen) atoms. The van der Waals surface area contributed by atoms with E-state index in [1.165, 1.54) is 5.56 Å². The Morgan fingerprint density at radius 1 is 1.44 bits per heavy atom. The lowest BCUT2D eigenvalue weighted by Crippen LogP contribution is -2.22. The van der Waals surface area contributed by atoms with Crippen molar-refractivity contribution >= 4 is 11.0 Å². The third-order valence-electron chi connectivity index (χ3n) is 3.42. The quantitative estimate of drug-likeness (QED) is 0.757. The molecule has 1 heterocycles. The van der Waals surface area contributed by atoms with Crippen LogP contribution in [0.2, 0.25) is 0 Å². The molecule has 0 amide bonds. The van der Waals surface area contributed by atoms with Gasteiger partial charge in [0.25, 0.3) is 0 Å². The SMILES string of the molecule is CNC(CC(C)CN)c1ccc2nc(C)[nH]c2c1. The molecule has 4 heteroatoms. The van der Waals surface area contributed by atoms with Crippen LogP contribution in [0.5, 0.6) is 0 Å². The summed E-state index contributed by atoms with van der Waals surface area (Å²) in [5.41, 5.74) is 9.12. The topological polar surface area (TPSA) is 66.7 Å². The summed E-state index contributed by atoms with van der Waals surface area (Å²) in [7, 11) is 2.00. The van der Waals surface area contributed by atoms with Crippen molar-refractivity contribution in [2.45, 2.75) is 26.3 Å². The van der Waals surface area contributed by atoms with Crippen LogP contribution in [0.3, 0.4) is 0 Å². The van der Waals surface area contributed by atoms with Gasteiger partial charge in [-0.05, 0) is 50.6 Å². The van der Waals surface area contributed by atoms with Crippen molar-refractivity contribution in [1.29, 1.82) is 0 Å². The van der Waals surface area contributed by atoms with E-state index in [1.807, 2.05) is 14.0 Å². The summed E-state index contributed by atoms with van der Waals surface area (Å²) in [5.74, 6) is 1.47. The summed E-state index contributed by atoms with van der Waals surface area (Å²) in [4.78, 5) is 7.70. The van der Waals surface area contributed by atoms with E-state index in [2.05, 4.69) is 40.4 Å². The summed E-state index contributed by atoms with van der Waals surface area (Å²) >= 11 is 0. The number of aromatic nitrogens is 2. The highest BCUT2D eigenvalue weighted by atomic mass is 14.9. The van der Waals surface area contributed by atoms with Gasteiger partial charge in [-0.15, -0.1) is 0 Å².